The van der Waals surface area contributed by atoms with Crippen molar-refractivity contribution in [1.29, 1.82) is 0 Å². The average Bonchev–Trinajstić information content (AvgIpc) is 2.14. The molecule has 0 rings (SSSR count). The summed E-state index contributed by atoms with van der Waals surface area (Å²) < 4.78 is 4.49. The zero-order chi connectivity index (χ0) is 15.6. The molecular formula is C13H23AlO6. The highest BCUT2D eigenvalue weighted by molar-refractivity contribution is 6.17. The molecule has 0 fully saturated rings. The van der Waals surface area contributed by atoms with Gasteiger partial charge in [0.2, 0.25) is 0 Å². The normalized spacial score (nSPS) is 8.70. The van der Waals surface area contributed by atoms with Crippen LogP contribution in [0.15, 0.2) is 0 Å². The molecule has 0 spiro atoms. The summed E-state index contributed by atoms with van der Waals surface area (Å²) in [4.78, 5) is 52.4. The highest BCUT2D eigenvalue weighted by atomic mass is 27.0. The van der Waals surface area contributed by atoms with Crippen LogP contribution in [-0.4, -0.2) is 53.1 Å². The second-order valence-corrected chi connectivity index (χ2v) is 3.95. The molecule has 0 aliphatic rings. The van der Waals surface area contributed by atoms with Crippen molar-refractivity contribution in [2.45, 2.75) is 41.0 Å². The van der Waals surface area contributed by atoms with Gasteiger partial charge in [-0.25, -0.2) is 0 Å². The first-order valence-electron chi connectivity index (χ1n) is 5.79. The number of Topliss-reactive ketones (excluding diaryl/α,β-unsaturated/α-hetero) is 4. The van der Waals surface area contributed by atoms with Crippen LogP contribution in [0.5, 0.6) is 0 Å². The van der Waals surface area contributed by atoms with Crippen molar-refractivity contribution in [3.05, 3.63) is 0 Å². The van der Waals surface area contributed by atoms with Crippen LogP contribution in [0.25, 0.3) is 0 Å². The fourth-order valence-corrected chi connectivity index (χ4v) is 1.27. The lowest BCUT2D eigenvalue weighted by Crippen LogP contribution is -2.26. The second kappa shape index (κ2) is 12.7. The van der Waals surface area contributed by atoms with E-state index in [-0.39, 0.29) is 46.9 Å². The molecule has 0 radical (unpaired) electrons. The third kappa shape index (κ3) is 13.1. The Kier molecular flexibility index (Phi) is 15.1. The Balaban J connectivity index is -0.000000277. The number of carbonyl (C=O) groups excluding carboxylic acids is 5. The van der Waals surface area contributed by atoms with Crippen molar-refractivity contribution >= 4 is 46.5 Å². The average molecular weight is 302 g/mol. The Bertz CT molecular complexity index is 342. The number of hydrogen-bond donors (Lipinski definition) is 0. The van der Waals surface area contributed by atoms with Gasteiger partial charge in [-0.1, -0.05) is 0 Å². The summed E-state index contributed by atoms with van der Waals surface area (Å²) >= 11 is 0. The van der Waals surface area contributed by atoms with Crippen LogP contribution in [0.2, 0.25) is 0 Å². The van der Waals surface area contributed by atoms with Crippen LogP contribution < -0.4 is 0 Å². The summed E-state index contributed by atoms with van der Waals surface area (Å²) in [6.07, 6.45) is -0.103. The van der Waals surface area contributed by atoms with E-state index in [1.54, 1.807) is 6.92 Å². The molecule has 7 heteroatoms. The van der Waals surface area contributed by atoms with Gasteiger partial charge < -0.3 is 4.74 Å². The van der Waals surface area contributed by atoms with Crippen LogP contribution in [-0.2, 0) is 28.7 Å². The van der Waals surface area contributed by atoms with Crippen molar-refractivity contribution in [2.75, 3.05) is 6.61 Å². The summed E-state index contributed by atoms with van der Waals surface area (Å²) in [5.41, 5.74) is 0. The molecule has 0 saturated heterocycles. The van der Waals surface area contributed by atoms with Crippen molar-refractivity contribution in [1.82, 2.24) is 0 Å². The van der Waals surface area contributed by atoms with E-state index < -0.39 is 11.9 Å². The summed E-state index contributed by atoms with van der Waals surface area (Å²) in [5.74, 6) is -2.75. The Morgan fingerprint density at radius 2 is 1.20 bits per heavy atom. The molecule has 0 saturated carbocycles. The van der Waals surface area contributed by atoms with Gasteiger partial charge in [-0.05, 0) is 34.6 Å². The zero-order valence-electron chi connectivity index (χ0n) is 11.9. The number of ether oxygens (including phenoxy) is 1. The van der Waals surface area contributed by atoms with Gasteiger partial charge in [-0.15, -0.1) is 0 Å². The lowest BCUT2D eigenvalue weighted by molar-refractivity contribution is -0.145. The van der Waals surface area contributed by atoms with Gasteiger partial charge in [0.25, 0.3) is 0 Å². The Morgan fingerprint density at radius 1 is 0.850 bits per heavy atom. The molecule has 0 aliphatic heterocycles. The van der Waals surface area contributed by atoms with Gasteiger partial charge in [-0.2, -0.15) is 0 Å². The maximum atomic E-state index is 10.6. The van der Waals surface area contributed by atoms with Gasteiger partial charge in [-0.3, -0.25) is 24.0 Å². The summed E-state index contributed by atoms with van der Waals surface area (Å²) in [6, 6.07) is 0. The topological polar surface area (TPSA) is 94.6 Å². The number of hydrogen-bond acceptors (Lipinski definition) is 6. The molecule has 20 heavy (non-hydrogen) atoms. The molecule has 0 aromatic rings. The Labute approximate surface area is 129 Å². The molecule has 0 heterocycles. The van der Waals surface area contributed by atoms with Gasteiger partial charge in [0, 0.05) is 0 Å². The smallest absolute Gasteiger partial charge is 0.313 e. The van der Waals surface area contributed by atoms with Crippen molar-refractivity contribution in [3.63, 3.8) is 0 Å². The predicted octanol–water partition coefficient (Wildman–Crippen LogP) is -0.286. The van der Waals surface area contributed by atoms with Crippen LogP contribution in [0.4, 0.5) is 0 Å². The van der Waals surface area contributed by atoms with Crippen LogP contribution >= 0.6 is 0 Å². The maximum absolute atomic E-state index is 10.6. The number of esters is 1. The van der Waals surface area contributed by atoms with E-state index in [4.69, 9.17) is 0 Å². The maximum Gasteiger partial charge on any atom is 0.313 e. The quantitative estimate of drug-likeness (QED) is 0.380. The first kappa shape index (κ1) is 23.8. The van der Waals surface area contributed by atoms with Crippen molar-refractivity contribution in [2.24, 2.45) is 5.92 Å². The first-order chi connectivity index (χ1) is 8.63. The number of ketones is 4. The van der Waals surface area contributed by atoms with E-state index in [0.29, 0.717) is 6.61 Å². The van der Waals surface area contributed by atoms with Gasteiger partial charge in [0.1, 0.15) is 35.5 Å². The fourth-order valence-electron chi connectivity index (χ4n) is 1.27. The monoisotopic (exact) mass is 302 g/mol. The van der Waals surface area contributed by atoms with Crippen LogP contribution in [0.3, 0.4) is 0 Å². The predicted molar refractivity (Wildman–Crippen MR) is 77.4 cm³/mol. The summed E-state index contributed by atoms with van der Waals surface area (Å²) in [6.45, 7) is 7.13. The van der Waals surface area contributed by atoms with Crippen molar-refractivity contribution < 1.29 is 28.7 Å². The molecule has 0 bridgehead atoms. The third-order valence-corrected chi connectivity index (χ3v) is 1.92. The fraction of sp³-hybridized carbons (Fsp3) is 0.615. The molecule has 0 N–H and O–H groups in total. The third-order valence-electron chi connectivity index (χ3n) is 1.92. The molecule has 114 valence electrons. The van der Waals surface area contributed by atoms with Crippen molar-refractivity contribution in [3.8, 4) is 0 Å². The Morgan fingerprint density at radius 3 is 1.35 bits per heavy atom. The molecule has 0 amide bonds. The summed E-state index contributed by atoms with van der Waals surface area (Å²) in [7, 11) is 0. The highest BCUT2D eigenvalue weighted by Gasteiger charge is 2.23. The van der Waals surface area contributed by atoms with E-state index >= 15 is 0 Å². The number of rotatable bonds is 6. The molecule has 0 unspecified atom stereocenters. The molecule has 0 aromatic carbocycles. The van der Waals surface area contributed by atoms with E-state index in [2.05, 4.69) is 4.74 Å². The molecule has 0 aromatic heterocycles. The minimum atomic E-state index is -1.03. The van der Waals surface area contributed by atoms with Gasteiger partial charge >= 0.3 is 5.97 Å². The highest BCUT2D eigenvalue weighted by Crippen LogP contribution is 2.00. The number of carbonyl (C=O) groups is 5. The molecule has 0 atom stereocenters. The van der Waals surface area contributed by atoms with Crippen LogP contribution in [0, 0.1) is 5.92 Å². The standard InChI is InChI=1S/C7H10O3.C6H10O3.Al.3H/c1-4(8)7(5(2)9)6(3)10;1-3-9-6(8)4-5(2)7;;;;/h7H,1-3H3;3-4H2,1-2H3;;;;. The molecular weight excluding hydrogens is 279 g/mol. The van der Waals surface area contributed by atoms with Crippen LogP contribution in [0.1, 0.15) is 41.0 Å². The van der Waals surface area contributed by atoms with Gasteiger partial charge in [0.15, 0.2) is 17.4 Å². The van der Waals surface area contributed by atoms with E-state index in [9.17, 15) is 24.0 Å². The van der Waals surface area contributed by atoms with E-state index in [1.807, 2.05) is 0 Å². The van der Waals surface area contributed by atoms with E-state index in [0.717, 1.165) is 0 Å². The lowest BCUT2D eigenvalue weighted by Gasteiger charge is -2.02. The largest absolute Gasteiger partial charge is 0.466 e. The Hall–Kier alpha value is -1.32. The minimum Gasteiger partial charge on any atom is -0.466 e. The summed E-state index contributed by atoms with van der Waals surface area (Å²) in [5, 5.41) is 0. The lowest BCUT2D eigenvalue weighted by atomic mass is 9.97. The molecule has 0 aliphatic carbocycles. The SMILES string of the molecule is CC(=O)C(C(C)=O)C(C)=O.CCOC(=O)CC(C)=O.[AlH3]. The van der Waals surface area contributed by atoms with Gasteiger partial charge in [0.05, 0.1) is 6.61 Å². The zero-order valence-corrected chi connectivity index (χ0v) is 11.9. The second-order valence-electron chi connectivity index (χ2n) is 3.95. The van der Waals surface area contributed by atoms with E-state index in [1.165, 1.54) is 27.7 Å². The molecule has 6 nitrogen and oxygen atoms in total. The first-order valence-corrected chi connectivity index (χ1v) is 5.79. The minimum absolute atomic E-state index is 0.